The van der Waals surface area contributed by atoms with Crippen molar-refractivity contribution in [3.8, 4) is 0 Å². The van der Waals surface area contributed by atoms with Gasteiger partial charge in [-0.2, -0.15) is 5.10 Å². The Morgan fingerprint density at radius 3 is 2.60 bits per heavy atom. The lowest BCUT2D eigenvalue weighted by Gasteiger charge is -2.14. The number of amides is 1. The molecule has 0 radical (unpaired) electrons. The van der Waals surface area contributed by atoms with Gasteiger partial charge in [-0.25, -0.2) is 17.4 Å². The minimum Gasteiger partial charge on any atom is -0.307 e. The lowest BCUT2D eigenvalue weighted by atomic mass is 10.2. The van der Waals surface area contributed by atoms with Crippen molar-refractivity contribution in [3.05, 3.63) is 41.0 Å². The van der Waals surface area contributed by atoms with Gasteiger partial charge in [0.2, 0.25) is 10.0 Å². The van der Waals surface area contributed by atoms with Crippen LogP contribution in [0.3, 0.4) is 0 Å². The van der Waals surface area contributed by atoms with Crippen LogP contribution in [0, 0.1) is 5.92 Å². The molecule has 1 N–H and O–H groups in total. The van der Waals surface area contributed by atoms with Gasteiger partial charge in [0, 0.05) is 32.3 Å². The van der Waals surface area contributed by atoms with E-state index < -0.39 is 15.9 Å². The van der Waals surface area contributed by atoms with E-state index in [1.807, 2.05) is 13.8 Å². The average Bonchev–Trinajstić information content (AvgIpc) is 2.93. The molecule has 0 atom stereocenters. The first kappa shape index (κ1) is 19.4. The molecule has 0 saturated carbocycles. The van der Waals surface area contributed by atoms with E-state index >= 15 is 0 Å². The van der Waals surface area contributed by atoms with Gasteiger partial charge in [0.25, 0.3) is 5.91 Å². The van der Waals surface area contributed by atoms with Gasteiger partial charge in [-0.3, -0.25) is 4.79 Å². The van der Waals surface area contributed by atoms with Gasteiger partial charge in [-0.05, 0) is 24.1 Å². The SMILES string of the molecule is CC(C)Cn1nccc1NC(=O)c1ccc(Cl)c(S(=O)(=O)N(C)C)c1. The molecule has 0 spiro atoms. The number of hydrogen-bond acceptors (Lipinski definition) is 4. The maximum atomic E-state index is 12.5. The van der Waals surface area contributed by atoms with Crippen molar-refractivity contribution in [1.29, 1.82) is 0 Å². The monoisotopic (exact) mass is 384 g/mol. The van der Waals surface area contributed by atoms with Crippen LogP contribution in [0.2, 0.25) is 5.02 Å². The van der Waals surface area contributed by atoms with Crippen LogP contribution in [-0.2, 0) is 16.6 Å². The molecule has 0 aliphatic rings. The van der Waals surface area contributed by atoms with E-state index in [-0.39, 0.29) is 15.5 Å². The van der Waals surface area contributed by atoms with Crippen LogP contribution >= 0.6 is 11.6 Å². The molecule has 2 aromatic rings. The second-order valence-electron chi connectivity index (χ2n) is 6.18. The lowest BCUT2D eigenvalue weighted by molar-refractivity contribution is 0.102. The summed E-state index contributed by atoms with van der Waals surface area (Å²) in [4.78, 5) is 12.4. The maximum Gasteiger partial charge on any atom is 0.256 e. The van der Waals surface area contributed by atoms with E-state index in [4.69, 9.17) is 11.6 Å². The third-order valence-electron chi connectivity index (χ3n) is 3.45. The van der Waals surface area contributed by atoms with Crippen molar-refractivity contribution in [2.45, 2.75) is 25.3 Å². The van der Waals surface area contributed by atoms with Crippen LogP contribution in [0.25, 0.3) is 0 Å². The molecule has 0 bridgehead atoms. The minimum absolute atomic E-state index is 0.0649. The van der Waals surface area contributed by atoms with Crippen LogP contribution in [0.15, 0.2) is 35.4 Å². The third-order valence-corrected chi connectivity index (χ3v) is 5.74. The van der Waals surface area contributed by atoms with Crippen molar-refractivity contribution < 1.29 is 13.2 Å². The Labute approximate surface area is 152 Å². The Morgan fingerprint density at radius 1 is 1.32 bits per heavy atom. The number of rotatable bonds is 6. The Hall–Kier alpha value is -1.90. The fourth-order valence-electron chi connectivity index (χ4n) is 2.16. The van der Waals surface area contributed by atoms with Crippen molar-refractivity contribution in [2.75, 3.05) is 19.4 Å². The predicted molar refractivity (Wildman–Crippen MR) is 97.3 cm³/mol. The van der Waals surface area contributed by atoms with E-state index in [0.717, 1.165) is 4.31 Å². The van der Waals surface area contributed by atoms with Crippen molar-refractivity contribution in [2.24, 2.45) is 5.92 Å². The molecule has 2 rings (SSSR count). The minimum atomic E-state index is -3.75. The number of benzene rings is 1. The standard InChI is InChI=1S/C16H21ClN4O3S/c1-11(2)10-21-15(7-8-18-21)19-16(22)12-5-6-13(17)14(9-12)25(23,24)20(3)4/h5-9,11H,10H2,1-4H3,(H,19,22). The second kappa shape index (κ2) is 7.55. The third kappa shape index (κ3) is 4.39. The van der Waals surface area contributed by atoms with Gasteiger partial charge in [-0.1, -0.05) is 25.4 Å². The highest BCUT2D eigenvalue weighted by atomic mass is 35.5. The molecule has 0 fully saturated rings. The lowest BCUT2D eigenvalue weighted by Crippen LogP contribution is -2.23. The normalized spacial score (nSPS) is 12.0. The quantitative estimate of drug-likeness (QED) is 0.829. The largest absolute Gasteiger partial charge is 0.307 e. The number of nitrogens with one attached hydrogen (secondary N) is 1. The van der Waals surface area contributed by atoms with Crippen LogP contribution < -0.4 is 5.32 Å². The zero-order valence-corrected chi connectivity index (χ0v) is 16.1. The molecule has 136 valence electrons. The summed E-state index contributed by atoms with van der Waals surface area (Å²) in [6.07, 6.45) is 1.60. The van der Waals surface area contributed by atoms with Crippen molar-refractivity contribution in [3.63, 3.8) is 0 Å². The number of sulfonamides is 1. The van der Waals surface area contributed by atoms with E-state index in [2.05, 4.69) is 10.4 Å². The second-order valence-corrected chi connectivity index (χ2v) is 8.71. The summed E-state index contributed by atoms with van der Waals surface area (Å²) in [5, 5.41) is 6.99. The van der Waals surface area contributed by atoms with Crippen molar-refractivity contribution >= 4 is 33.3 Å². The van der Waals surface area contributed by atoms with Crippen molar-refractivity contribution in [1.82, 2.24) is 14.1 Å². The molecule has 1 aromatic heterocycles. The molecule has 1 aromatic carbocycles. The van der Waals surface area contributed by atoms with Gasteiger partial charge in [0.15, 0.2) is 0 Å². The van der Waals surface area contributed by atoms with Gasteiger partial charge in [-0.15, -0.1) is 0 Å². The molecule has 9 heteroatoms. The molecule has 1 heterocycles. The summed E-state index contributed by atoms with van der Waals surface area (Å²) >= 11 is 6.00. The highest BCUT2D eigenvalue weighted by molar-refractivity contribution is 7.89. The zero-order chi connectivity index (χ0) is 18.8. The van der Waals surface area contributed by atoms with E-state index in [1.54, 1.807) is 16.9 Å². The molecule has 25 heavy (non-hydrogen) atoms. The van der Waals surface area contributed by atoms with Gasteiger partial charge >= 0.3 is 0 Å². The average molecular weight is 385 g/mol. The van der Waals surface area contributed by atoms with E-state index in [0.29, 0.717) is 18.3 Å². The summed E-state index contributed by atoms with van der Waals surface area (Å²) < 4.78 is 27.4. The molecule has 0 aliphatic heterocycles. The fourth-order valence-corrected chi connectivity index (χ4v) is 3.55. The van der Waals surface area contributed by atoms with Crippen LogP contribution in [0.4, 0.5) is 5.82 Å². The van der Waals surface area contributed by atoms with E-state index in [9.17, 15) is 13.2 Å². The number of aromatic nitrogens is 2. The summed E-state index contributed by atoms with van der Waals surface area (Å²) in [7, 11) is -0.935. The van der Waals surface area contributed by atoms with E-state index in [1.165, 1.54) is 32.3 Å². The highest BCUT2D eigenvalue weighted by Crippen LogP contribution is 2.25. The number of nitrogens with zero attached hydrogens (tertiary/aromatic N) is 3. The Bertz CT molecular complexity index is 875. The Morgan fingerprint density at radius 2 is 2.00 bits per heavy atom. The first-order valence-electron chi connectivity index (χ1n) is 7.68. The first-order chi connectivity index (χ1) is 11.6. The first-order valence-corrected chi connectivity index (χ1v) is 9.50. The fraction of sp³-hybridized carbons (Fsp3) is 0.375. The highest BCUT2D eigenvalue weighted by Gasteiger charge is 2.22. The summed E-state index contributed by atoms with van der Waals surface area (Å²) in [5.74, 6) is 0.478. The molecule has 0 aliphatic carbocycles. The summed E-state index contributed by atoms with van der Waals surface area (Å²) in [6, 6.07) is 5.84. The molecular formula is C16H21ClN4O3S. The number of anilines is 1. The molecule has 0 unspecified atom stereocenters. The predicted octanol–water partition coefficient (Wildman–Crippen LogP) is 2.70. The van der Waals surface area contributed by atoms with Gasteiger partial charge in [0.1, 0.15) is 10.7 Å². The molecule has 0 saturated heterocycles. The smallest absolute Gasteiger partial charge is 0.256 e. The van der Waals surface area contributed by atoms with Crippen LogP contribution in [0.1, 0.15) is 24.2 Å². The van der Waals surface area contributed by atoms with Gasteiger partial charge < -0.3 is 5.32 Å². The summed E-state index contributed by atoms with van der Waals surface area (Å²) in [6.45, 7) is 4.75. The maximum absolute atomic E-state index is 12.5. The Kier molecular flexibility index (Phi) is 5.87. The molecule has 1 amide bonds. The number of halogens is 1. The zero-order valence-electron chi connectivity index (χ0n) is 14.5. The van der Waals surface area contributed by atoms with Crippen LogP contribution in [-0.4, -0.2) is 42.5 Å². The summed E-state index contributed by atoms with van der Waals surface area (Å²) in [5.41, 5.74) is 0.196. The topological polar surface area (TPSA) is 84.3 Å². The number of carbonyl (C=O) groups excluding carboxylic acids is 1. The number of carbonyl (C=O) groups is 1. The Balaban J connectivity index is 2.31. The molecular weight excluding hydrogens is 364 g/mol. The van der Waals surface area contributed by atoms with Crippen LogP contribution in [0.5, 0.6) is 0 Å². The molecule has 7 nitrogen and oxygen atoms in total. The number of hydrogen-bond donors (Lipinski definition) is 1. The van der Waals surface area contributed by atoms with Gasteiger partial charge in [0.05, 0.1) is 11.2 Å².